The predicted molar refractivity (Wildman–Crippen MR) is 35.5 cm³/mol. The van der Waals surface area contributed by atoms with Gasteiger partial charge in [-0.15, -0.1) is 6.58 Å². The van der Waals surface area contributed by atoms with E-state index < -0.39 is 11.8 Å². The van der Waals surface area contributed by atoms with E-state index in [9.17, 15) is 0 Å². The summed E-state index contributed by atoms with van der Waals surface area (Å²) in [5.74, 6) is -2.03. The lowest BCUT2D eigenvalue weighted by Crippen LogP contribution is -2.44. The average Bonchev–Trinajstić information content (AvgIpc) is 1.86. The fourth-order valence-electron chi connectivity index (χ4n) is 0.310. The summed E-state index contributed by atoms with van der Waals surface area (Å²) < 4.78 is 0. The molecule has 0 aliphatic heterocycles. The lowest BCUT2D eigenvalue weighted by molar-refractivity contribution is -0.124. The summed E-state index contributed by atoms with van der Waals surface area (Å²) >= 11 is 0. The van der Waals surface area contributed by atoms with Crippen molar-refractivity contribution < 1.29 is 10.2 Å². The van der Waals surface area contributed by atoms with E-state index in [-0.39, 0.29) is 0 Å². The quantitative estimate of drug-likeness (QED) is 0.351. The van der Waals surface area contributed by atoms with Gasteiger partial charge in [0, 0.05) is 0 Å². The molecule has 3 nitrogen and oxygen atoms in total. The van der Waals surface area contributed by atoms with Crippen molar-refractivity contribution in [2.24, 2.45) is 5.73 Å². The molecule has 0 bridgehead atoms. The fraction of sp³-hybridized carbons (Fsp3) is 0.333. The van der Waals surface area contributed by atoms with Crippen LogP contribution >= 0.6 is 0 Å². The highest BCUT2D eigenvalue weighted by atomic mass is 16.5. The second-order valence-corrected chi connectivity index (χ2v) is 1.75. The van der Waals surface area contributed by atoms with Crippen LogP contribution in [-0.2, 0) is 0 Å². The van der Waals surface area contributed by atoms with Crippen LogP contribution in [0.25, 0.3) is 0 Å². The molecule has 0 rings (SSSR count). The third-order valence-electron chi connectivity index (χ3n) is 1.04. The summed E-state index contributed by atoms with van der Waals surface area (Å²) in [4.78, 5) is 0. The van der Waals surface area contributed by atoms with Gasteiger partial charge in [0.2, 0.25) is 5.79 Å². The zero-order valence-corrected chi connectivity index (χ0v) is 5.12. The van der Waals surface area contributed by atoms with E-state index in [4.69, 9.17) is 15.9 Å². The molecular weight excluding hydrogens is 118 g/mol. The largest absolute Gasteiger partial charge is 0.361 e. The van der Waals surface area contributed by atoms with E-state index >= 15 is 0 Å². The van der Waals surface area contributed by atoms with Crippen LogP contribution in [0, 0.1) is 0 Å². The zero-order valence-electron chi connectivity index (χ0n) is 5.12. The number of aliphatic hydroxyl groups is 2. The van der Waals surface area contributed by atoms with Gasteiger partial charge in [0.15, 0.2) is 0 Å². The Bertz CT molecular complexity index is 120. The van der Waals surface area contributed by atoms with E-state index in [1.165, 1.54) is 6.08 Å². The third kappa shape index (κ3) is 1.97. The second-order valence-electron chi connectivity index (χ2n) is 1.75. The highest BCUT2D eigenvalue weighted by Gasteiger charge is 2.24. The minimum Gasteiger partial charge on any atom is -0.361 e. The molecule has 0 aromatic rings. The first-order valence-corrected chi connectivity index (χ1v) is 2.51. The highest BCUT2D eigenvalue weighted by Crippen LogP contribution is 2.04. The van der Waals surface area contributed by atoms with Gasteiger partial charge in [0.1, 0.15) is 0 Å². The molecule has 0 aliphatic rings. The first-order valence-electron chi connectivity index (χ1n) is 2.51. The van der Waals surface area contributed by atoms with Crippen molar-refractivity contribution in [1.29, 1.82) is 0 Å². The maximum absolute atomic E-state index is 8.83. The predicted octanol–water partition coefficient (Wildman–Crippen LogP) is -0.633. The van der Waals surface area contributed by atoms with Gasteiger partial charge in [-0.25, -0.2) is 0 Å². The van der Waals surface area contributed by atoms with Gasteiger partial charge in [-0.3, -0.25) is 0 Å². The highest BCUT2D eigenvalue weighted by molar-refractivity contribution is 5.02. The zero-order chi connectivity index (χ0) is 7.49. The molecule has 0 radical (unpaired) electrons. The summed E-state index contributed by atoms with van der Waals surface area (Å²) in [5.41, 5.74) is 5.17. The van der Waals surface area contributed by atoms with E-state index in [1.54, 1.807) is 0 Å². The molecule has 0 saturated carbocycles. The number of nitrogens with two attached hydrogens (primary N) is 1. The van der Waals surface area contributed by atoms with Gasteiger partial charge >= 0.3 is 0 Å². The van der Waals surface area contributed by atoms with Crippen LogP contribution in [-0.4, -0.2) is 22.0 Å². The Balaban J connectivity index is 4.11. The normalized spacial score (nSPS) is 14.6. The molecule has 52 valence electrons. The molecule has 0 heterocycles. The number of hydrogen-bond acceptors (Lipinski definition) is 3. The van der Waals surface area contributed by atoms with E-state index in [2.05, 4.69) is 13.2 Å². The molecule has 0 amide bonds. The van der Waals surface area contributed by atoms with Crippen LogP contribution < -0.4 is 5.73 Å². The molecule has 3 heteroatoms. The summed E-state index contributed by atoms with van der Waals surface area (Å²) in [7, 11) is 0. The molecule has 0 saturated heterocycles. The maximum atomic E-state index is 8.83. The van der Waals surface area contributed by atoms with Crippen molar-refractivity contribution in [3.63, 3.8) is 0 Å². The lowest BCUT2D eigenvalue weighted by Gasteiger charge is -2.21. The van der Waals surface area contributed by atoms with Crippen LogP contribution in [0.3, 0.4) is 0 Å². The third-order valence-corrected chi connectivity index (χ3v) is 1.04. The standard InChI is InChI=1S/C6H11NO2/c1-3-5(7)6(8,9)4-2/h3-5,8-9H,1-2,7H2. The van der Waals surface area contributed by atoms with Gasteiger partial charge in [-0.05, 0) is 6.08 Å². The average molecular weight is 129 g/mol. The van der Waals surface area contributed by atoms with Gasteiger partial charge in [0.25, 0.3) is 0 Å². The van der Waals surface area contributed by atoms with Crippen molar-refractivity contribution >= 4 is 0 Å². The van der Waals surface area contributed by atoms with E-state index in [1.807, 2.05) is 0 Å². The summed E-state index contributed by atoms with van der Waals surface area (Å²) in [5, 5.41) is 17.7. The fourth-order valence-corrected chi connectivity index (χ4v) is 0.310. The first-order chi connectivity index (χ1) is 4.04. The van der Waals surface area contributed by atoms with Crippen molar-refractivity contribution in [3.8, 4) is 0 Å². The Morgan fingerprint density at radius 2 is 1.89 bits per heavy atom. The number of hydrogen-bond donors (Lipinski definition) is 3. The minimum absolute atomic E-state index is 0.880. The Kier molecular flexibility index (Phi) is 2.58. The Hall–Kier alpha value is -0.640. The molecule has 9 heavy (non-hydrogen) atoms. The lowest BCUT2D eigenvalue weighted by atomic mass is 10.1. The Morgan fingerprint density at radius 3 is 2.00 bits per heavy atom. The Labute approximate surface area is 54.1 Å². The van der Waals surface area contributed by atoms with Gasteiger partial charge in [-0.2, -0.15) is 0 Å². The van der Waals surface area contributed by atoms with E-state index in [0.29, 0.717) is 0 Å². The van der Waals surface area contributed by atoms with E-state index in [0.717, 1.165) is 6.08 Å². The molecule has 1 atom stereocenters. The molecule has 0 aliphatic carbocycles. The minimum atomic E-state index is -2.03. The SMILES string of the molecule is C=CC(N)C(O)(O)C=C. The van der Waals surface area contributed by atoms with Crippen LogP contribution in [0.2, 0.25) is 0 Å². The first kappa shape index (κ1) is 8.36. The molecule has 0 aromatic heterocycles. The van der Waals surface area contributed by atoms with Crippen molar-refractivity contribution in [1.82, 2.24) is 0 Å². The van der Waals surface area contributed by atoms with Crippen LogP contribution in [0.5, 0.6) is 0 Å². The molecule has 0 spiro atoms. The Morgan fingerprint density at radius 1 is 1.44 bits per heavy atom. The summed E-state index contributed by atoms with van der Waals surface area (Å²) in [6, 6.07) is -0.880. The smallest absolute Gasteiger partial charge is 0.201 e. The molecule has 0 fully saturated rings. The van der Waals surface area contributed by atoms with Crippen LogP contribution in [0.4, 0.5) is 0 Å². The van der Waals surface area contributed by atoms with Crippen LogP contribution in [0.15, 0.2) is 25.3 Å². The summed E-state index contributed by atoms with van der Waals surface area (Å²) in [6.07, 6.45) is 2.20. The van der Waals surface area contributed by atoms with Crippen molar-refractivity contribution in [2.75, 3.05) is 0 Å². The topological polar surface area (TPSA) is 66.5 Å². The van der Waals surface area contributed by atoms with Gasteiger partial charge in [-0.1, -0.05) is 12.7 Å². The monoisotopic (exact) mass is 129 g/mol. The van der Waals surface area contributed by atoms with Crippen molar-refractivity contribution in [2.45, 2.75) is 11.8 Å². The molecular formula is C6H11NO2. The van der Waals surface area contributed by atoms with Gasteiger partial charge in [0.05, 0.1) is 6.04 Å². The second kappa shape index (κ2) is 2.77. The van der Waals surface area contributed by atoms with Crippen molar-refractivity contribution in [3.05, 3.63) is 25.3 Å². The molecule has 4 N–H and O–H groups in total. The van der Waals surface area contributed by atoms with Gasteiger partial charge < -0.3 is 15.9 Å². The molecule has 1 unspecified atom stereocenters. The van der Waals surface area contributed by atoms with Crippen LogP contribution in [0.1, 0.15) is 0 Å². The number of rotatable bonds is 3. The maximum Gasteiger partial charge on any atom is 0.201 e. The summed E-state index contributed by atoms with van der Waals surface area (Å²) in [6.45, 7) is 6.46. The molecule has 0 aromatic carbocycles.